The quantitative estimate of drug-likeness (QED) is 0.776. The molecule has 2 rings (SSSR count). The summed E-state index contributed by atoms with van der Waals surface area (Å²) in [7, 11) is 0. The summed E-state index contributed by atoms with van der Waals surface area (Å²) in [4.78, 5) is 28.7. The maximum absolute atomic E-state index is 11.5. The highest BCUT2D eigenvalue weighted by Crippen LogP contribution is 2.19. The molecule has 0 unspecified atom stereocenters. The highest BCUT2D eigenvalue weighted by atomic mass is 16.4. The van der Waals surface area contributed by atoms with Crippen LogP contribution in [0.15, 0.2) is 11.0 Å². The van der Waals surface area contributed by atoms with Crippen molar-refractivity contribution < 1.29 is 9.90 Å². The van der Waals surface area contributed by atoms with Crippen molar-refractivity contribution >= 4 is 11.9 Å². The molecule has 0 amide bonds. The molecule has 0 radical (unpaired) electrons. The fraction of sp³-hybridized carbons (Fsp3) is 0.615. The lowest BCUT2D eigenvalue weighted by Gasteiger charge is -2.21. The van der Waals surface area contributed by atoms with Crippen molar-refractivity contribution in [1.29, 1.82) is 0 Å². The summed E-state index contributed by atoms with van der Waals surface area (Å²) >= 11 is 0. The summed E-state index contributed by atoms with van der Waals surface area (Å²) in [6, 6.07) is 0.305. The zero-order chi connectivity index (χ0) is 13.7. The van der Waals surface area contributed by atoms with Gasteiger partial charge in [0, 0.05) is 6.04 Å². The van der Waals surface area contributed by atoms with Gasteiger partial charge in [-0.05, 0) is 12.8 Å². The van der Waals surface area contributed by atoms with E-state index in [2.05, 4.69) is 15.3 Å². The number of anilines is 1. The molecule has 1 aliphatic carbocycles. The number of H-pyrrole nitrogens is 1. The lowest BCUT2D eigenvalue weighted by atomic mass is 9.97. The van der Waals surface area contributed by atoms with Crippen molar-refractivity contribution in [3.63, 3.8) is 0 Å². The van der Waals surface area contributed by atoms with Gasteiger partial charge in [0.2, 0.25) is 5.95 Å². The first kappa shape index (κ1) is 13.6. The fourth-order valence-electron chi connectivity index (χ4n) is 2.41. The summed E-state index contributed by atoms with van der Waals surface area (Å²) in [6.07, 6.45) is 9.38. The van der Waals surface area contributed by atoms with E-state index in [-0.39, 0.29) is 5.56 Å². The summed E-state index contributed by atoms with van der Waals surface area (Å²) < 4.78 is 0. The standard InChI is InChI=1S/C13H19N3O3/c17-11-10(12(18)19)8-14-13(16-11)15-9-6-4-2-1-3-5-7-9/h8-9H,1-7H2,(H,18,19)(H2,14,15,16,17). The topological polar surface area (TPSA) is 95.1 Å². The lowest BCUT2D eigenvalue weighted by molar-refractivity contribution is 0.0694. The predicted molar refractivity (Wildman–Crippen MR) is 71.5 cm³/mol. The second-order valence-corrected chi connectivity index (χ2v) is 4.97. The van der Waals surface area contributed by atoms with Crippen molar-refractivity contribution in [1.82, 2.24) is 9.97 Å². The molecule has 1 heterocycles. The number of hydrogen-bond donors (Lipinski definition) is 3. The molecule has 104 valence electrons. The monoisotopic (exact) mass is 265 g/mol. The maximum atomic E-state index is 11.5. The van der Waals surface area contributed by atoms with Crippen LogP contribution in [-0.2, 0) is 0 Å². The largest absolute Gasteiger partial charge is 0.477 e. The number of carboxylic acids is 1. The van der Waals surface area contributed by atoms with E-state index in [9.17, 15) is 9.59 Å². The molecule has 19 heavy (non-hydrogen) atoms. The number of carbonyl (C=O) groups is 1. The van der Waals surface area contributed by atoms with Gasteiger partial charge < -0.3 is 10.4 Å². The molecule has 1 fully saturated rings. The van der Waals surface area contributed by atoms with Gasteiger partial charge in [-0.1, -0.05) is 32.1 Å². The molecule has 0 atom stereocenters. The Morgan fingerprint density at radius 3 is 2.47 bits per heavy atom. The molecule has 0 aromatic carbocycles. The van der Waals surface area contributed by atoms with E-state index < -0.39 is 11.5 Å². The molecule has 1 saturated carbocycles. The van der Waals surface area contributed by atoms with Gasteiger partial charge in [0.05, 0.1) is 6.20 Å². The Hall–Kier alpha value is -1.85. The van der Waals surface area contributed by atoms with Crippen molar-refractivity contribution in [2.24, 2.45) is 0 Å². The van der Waals surface area contributed by atoms with E-state index in [0.29, 0.717) is 12.0 Å². The highest BCUT2D eigenvalue weighted by Gasteiger charge is 2.14. The third-order valence-electron chi connectivity index (χ3n) is 3.48. The SMILES string of the molecule is O=C(O)c1cnc(NC2CCCCCCC2)[nH]c1=O. The molecule has 0 spiro atoms. The number of nitrogens with one attached hydrogen (secondary N) is 2. The van der Waals surface area contributed by atoms with Crippen LogP contribution in [0, 0.1) is 0 Å². The molecule has 1 aromatic heterocycles. The van der Waals surface area contributed by atoms with E-state index in [0.717, 1.165) is 19.0 Å². The van der Waals surface area contributed by atoms with Crippen LogP contribution in [0.2, 0.25) is 0 Å². The first-order chi connectivity index (χ1) is 9.16. The summed E-state index contributed by atoms with van der Waals surface area (Å²) in [5, 5.41) is 12.0. The van der Waals surface area contributed by atoms with Crippen LogP contribution in [0.3, 0.4) is 0 Å². The number of aromatic amines is 1. The van der Waals surface area contributed by atoms with E-state index in [4.69, 9.17) is 5.11 Å². The van der Waals surface area contributed by atoms with Crippen LogP contribution < -0.4 is 10.9 Å². The summed E-state index contributed by atoms with van der Waals surface area (Å²) in [6.45, 7) is 0. The Labute approximate surface area is 111 Å². The second kappa shape index (κ2) is 6.36. The molecule has 0 aliphatic heterocycles. The van der Waals surface area contributed by atoms with E-state index in [1.54, 1.807) is 0 Å². The molecule has 3 N–H and O–H groups in total. The Morgan fingerprint density at radius 2 is 1.89 bits per heavy atom. The molecule has 1 aliphatic rings. The number of nitrogens with zero attached hydrogens (tertiary/aromatic N) is 1. The smallest absolute Gasteiger partial charge is 0.342 e. The lowest BCUT2D eigenvalue weighted by Crippen LogP contribution is -2.25. The zero-order valence-electron chi connectivity index (χ0n) is 10.8. The summed E-state index contributed by atoms with van der Waals surface area (Å²) in [5.41, 5.74) is -0.945. The van der Waals surface area contributed by atoms with Crippen molar-refractivity contribution in [2.75, 3.05) is 5.32 Å². The van der Waals surface area contributed by atoms with Gasteiger partial charge >= 0.3 is 5.97 Å². The third kappa shape index (κ3) is 3.81. The van der Waals surface area contributed by atoms with Crippen LogP contribution in [-0.4, -0.2) is 27.1 Å². The van der Waals surface area contributed by atoms with Gasteiger partial charge in [0.15, 0.2) is 0 Å². The minimum absolute atomic E-state index is 0.305. The first-order valence-corrected chi connectivity index (χ1v) is 6.76. The average molecular weight is 265 g/mol. The number of rotatable bonds is 3. The van der Waals surface area contributed by atoms with Gasteiger partial charge in [-0.3, -0.25) is 9.78 Å². The van der Waals surface area contributed by atoms with Gasteiger partial charge in [-0.15, -0.1) is 0 Å². The third-order valence-corrected chi connectivity index (χ3v) is 3.48. The molecule has 0 bridgehead atoms. The minimum atomic E-state index is -1.26. The molecule has 6 heteroatoms. The van der Waals surface area contributed by atoms with Gasteiger partial charge in [-0.2, -0.15) is 0 Å². The minimum Gasteiger partial charge on any atom is -0.477 e. The normalized spacial score (nSPS) is 17.5. The highest BCUT2D eigenvalue weighted by molar-refractivity contribution is 5.86. The number of hydrogen-bond acceptors (Lipinski definition) is 4. The Morgan fingerprint density at radius 1 is 1.26 bits per heavy atom. The summed E-state index contributed by atoms with van der Waals surface area (Å²) in [5.74, 6) is -0.896. The molecule has 6 nitrogen and oxygen atoms in total. The maximum Gasteiger partial charge on any atom is 0.342 e. The molecular formula is C13H19N3O3. The van der Waals surface area contributed by atoms with E-state index in [1.165, 1.54) is 32.1 Å². The van der Waals surface area contributed by atoms with Crippen LogP contribution in [0.4, 0.5) is 5.95 Å². The predicted octanol–water partition coefficient (Wildman–Crippen LogP) is 1.99. The van der Waals surface area contributed by atoms with Crippen molar-refractivity contribution in [2.45, 2.75) is 51.0 Å². The number of aromatic carboxylic acids is 1. The van der Waals surface area contributed by atoms with E-state index >= 15 is 0 Å². The van der Waals surface area contributed by atoms with Crippen molar-refractivity contribution in [3.8, 4) is 0 Å². The average Bonchev–Trinajstić information content (AvgIpc) is 2.32. The Bertz CT molecular complexity index is 490. The molecular weight excluding hydrogens is 246 g/mol. The van der Waals surface area contributed by atoms with Crippen LogP contribution in [0.1, 0.15) is 55.3 Å². The second-order valence-electron chi connectivity index (χ2n) is 4.97. The van der Waals surface area contributed by atoms with E-state index in [1.807, 2.05) is 0 Å². The Balaban J connectivity index is 2.03. The van der Waals surface area contributed by atoms with Crippen LogP contribution >= 0.6 is 0 Å². The van der Waals surface area contributed by atoms with Crippen molar-refractivity contribution in [3.05, 3.63) is 22.1 Å². The van der Waals surface area contributed by atoms with Crippen LogP contribution in [0.25, 0.3) is 0 Å². The molecule has 1 aromatic rings. The number of aromatic nitrogens is 2. The number of carboxylic acid groups (broad SMARTS) is 1. The van der Waals surface area contributed by atoms with Gasteiger partial charge in [-0.25, -0.2) is 9.78 Å². The first-order valence-electron chi connectivity index (χ1n) is 6.76. The van der Waals surface area contributed by atoms with Crippen LogP contribution in [0.5, 0.6) is 0 Å². The fourth-order valence-corrected chi connectivity index (χ4v) is 2.41. The molecule has 0 saturated heterocycles. The van der Waals surface area contributed by atoms with Gasteiger partial charge in [0.25, 0.3) is 5.56 Å². The van der Waals surface area contributed by atoms with Gasteiger partial charge in [0.1, 0.15) is 5.56 Å². The zero-order valence-corrected chi connectivity index (χ0v) is 10.8. The Kier molecular flexibility index (Phi) is 4.54.